The van der Waals surface area contributed by atoms with Crippen molar-refractivity contribution >= 4 is 11.9 Å². The van der Waals surface area contributed by atoms with E-state index in [2.05, 4.69) is 10.1 Å². The van der Waals surface area contributed by atoms with Gasteiger partial charge in [-0.1, -0.05) is 6.92 Å². The number of carbonyl (C=O) groups is 2. The molecule has 0 aliphatic rings. The van der Waals surface area contributed by atoms with E-state index in [9.17, 15) is 9.59 Å². The standard InChI is InChI=1S/C8H16N2O3/c1-4-5(2)10-6(7(9)11)8(12)13-3/h5-6,10H,4H2,1-3H3,(H2,9,11). The summed E-state index contributed by atoms with van der Waals surface area (Å²) in [5.41, 5.74) is 5.01. The van der Waals surface area contributed by atoms with Gasteiger partial charge in [-0.3, -0.25) is 10.1 Å². The number of nitrogens with two attached hydrogens (primary N) is 1. The molecule has 5 nitrogen and oxygen atoms in total. The molecule has 0 rings (SSSR count). The van der Waals surface area contributed by atoms with Gasteiger partial charge < -0.3 is 10.5 Å². The molecule has 5 heteroatoms. The van der Waals surface area contributed by atoms with Crippen LogP contribution in [-0.2, 0) is 14.3 Å². The van der Waals surface area contributed by atoms with Crippen molar-refractivity contribution in [2.75, 3.05) is 7.11 Å². The van der Waals surface area contributed by atoms with Gasteiger partial charge in [-0.2, -0.15) is 0 Å². The van der Waals surface area contributed by atoms with Crippen molar-refractivity contribution in [3.05, 3.63) is 0 Å². The first-order valence-electron chi connectivity index (χ1n) is 4.16. The molecule has 0 bridgehead atoms. The van der Waals surface area contributed by atoms with E-state index in [0.717, 1.165) is 6.42 Å². The van der Waals surface area contributed by atoms with Gasteiger partial charge in [0.1, 0.15) is 0 Å². The van der Waals surface area contributed by atoms with Crippen molar-refractivity contribution in [3.8, 4) is 0 Å². The van der Waals surface area contributed by atoms with E-state index in [1.165, 1.54) is 7.11 Å². The second-order valence-corrected chi connectivity index (χ2v) is 2.83. The van der Waals surface area contributed by atoms with Gasteiger partial charge >= 0.3 is 5.97 Å². The van der Waals surface area contributed by atoms with Crippen LogP contribution in [0.1, 0.15) is 20.3 Å². The number of rotatable bonds is 5. The number of nitrogens with one attached hydrogen (secondary N) is 1. The lowest BCUT2D eigenvalue weighted by molar-refractivity contribution is -0.146. The Morgan fingerprint density at radius 2 is 2.08 bits per heavy atom. The molecule has 0 aromatic rings. The number of hydrogen-bond acceptors (Lipinski definition) is 4. The van der Waals surface area contributed by atoms with Gasteiger partial charge in [-0.25, -0.2) is 4.79 Å². The lowest BCUT2D eigenvalue weighted by Crippen LogP contribution is -2.50. The molecule has 0 radical (unpaired) electrons. The average molecular weight is 188 g/mol. The molecule has 13 heavy (non-hydrogen) atoms. The fourth-order valence-electron chi connectivity index (χ4n) is 0.787. The van der Waals surface area contributed by atoms with Crippen molar-refractivity contribution < 1.29 is 14.3 Å². The summed E-state index contributed by atoms with van der Waals surface area (Å²) in [4.78, 5) is 21.8. The molecule has 0 aliphatic carbocycles. The van der Waals surface area contributed by atoms with Crippen LogP contribution in [0.15, 0.2) is 0 Å². The summed E-state index contributed by atoms with van der Waals surface area (Å²) in [7, 11) is 1.22. The Labute approximate surface area is 77.6 Å². The predicted molar refractivity (Wildman–Crippen MR) is 47.9 cm³/mol. The lowest BCUT2D eigenvalue weighted by atomic mass is 10.2. The highest BCUT2D eigenvalue weighted by molar-refractivity contribution is 6.01. The predicted octanol–water partition coefficient (Wildman–Crippen LogP) is -0.599. The van der Waals surface area contributed by atoms with E-state index >= 15 is 0 Å². The quantitative estimate of drug-likeness (QED) is 0.446. The summed E-state index contributed by atoms with van der Waals surface area (Å²) in [6.07, 6.45) is 0.806. The lowest BCUT2D eigenvalue weighted by Gasteiger charge is -2.17. The zero-order valence-electron chi connectivity index (χ0n) is 8.16. The van der Waals surface area contributed by atoms with Crippen molar-refractivity contribution in [1.82, 2.24) is 5.32 Å². The molecule has 2 atom stereocenters. The van der Waals surface area contributed by atoms with E-state index in [4.69, 9.17) is 5.73 Å². The topological polar surface area (TPSA) is 81.4 Å². The van der Waals surface area contributed by atoms with Crippen LogP contribution in [-0.4, -0.2) is 31.1 Å². The first-order chi connectivity index (χ1) is 6.02. The van der Waals surface area contributed by atoms with Crippen LogP contribution in [0, 0.1) is 0 Å². The third-order valence-electron chi connectivity index (χ3n) is 1.78. The number of ether oxygens (including phenoxy) is 1. The minimum atomic E-state index is -1.04. The van der Waals surface area contributed by atoms with Crippen LogP contribution in [0.2, 0.25) is 0 Å². The highest BCUT2D eigenvalue weighted by Gasteiger charge is 2.25. The first kappa shape index (κ1) is 11.9. The fourth-order valence-corrected chi connectivity index (χ4v) is 0.787. The monoisotopic (exact) mass is 188 g/mol. The average Bonchev–Trinajstić information content (AvgIpc) is 2.11. The van der Waals surface area contributed by atoms with E-state index in [-0.39, 0.29) is 6.04 Å². The number of amides is 1. The molecule has 0 saturated heterocycles. The van der Waals surface area contributed by atoms with Crippen LogP contribution in [0.4, 0.5) is 0 Å². The van der Waals surface area contributed by atoms with Crippen LogP contribution in [0.5, 0.6) is 0 Å². The minimum Gasteiger partial charge on any atom is -0.467 e. The SMILES string of the molecule is CCC(C)NC(C(N)=O)C(=O)OC. The van der Waals surface area contributed by atoms with Gasteiger partial charge in [-0.05, 0) is 13.3 Å². The zero-order chi connectivity index (χ0) is 10.4. The molecule has 3 N–H and O–H groups in total. The molecule has 0 saturated carbocycles. The van der Waals surface area contributed by atoms with Gasteiger partial charge in [0.15, 0.2) is 6.04 Å². The van der Waals surface area contributed by atoms with E-state index < -0.39 is 17.9 Å². The minimum absolute atomic E-state index is 0.0524. The second kappa shape index (κ2) is 5.53. The first-order valence-corrected chi connectivity index (χ1v) is 4.16. The molecule has 1 amide bonds. The Hall–Kier alpha value is -1.10. The summed E-state index contributed by atoms with van der Waals surface area (Å²) in [6.45, 7) is 3.80. The Morgan fingerprint density at radius 1 is 1.54 bits per heavy atom. The third-order valence-corrected chi connectivity index (χ3v) is 1.78. The van der Waals surface area contributed by atoms with Crippen LogP contribution in [0.25, 0.3) is 0 Å². The van der Waals surface area contributed by atoms with Crippen molar-refractivity contribution in [1.29, 1.82) is 0 Å². The normalized spacial score (nSPS) is 14.7. The van der Waals surface area contributed by atoms with Gasteiger partial charge in [0.2, 0.25) is 5.91 Å². The van der Waals surface area contributed by atoms with Crippen LogP contribution >= 0.6 is 0 Å². The number of esters is 1. The molecule has 0 aliphatic heterocycles. The van der Waals surface area contributed by atoms with E-state index in [1.807, 2.05) is 13.8 Å². The Bertz CT molecular complexity index is 194. The van der Waals surface area contributed by atoms with Crippen molar-refractivity contribution in [2.45, 2.75) is 32.4 Å². The van der Waals surface area contributed by atoms with Crippen molar-refractivity contribution in [3.63, 3.8) is 0 Å². The Morgan fingerprint density at radius 3 is 2.38 bits per heavy atom. The second-order valence-electron chi connectivity index (χ2n) is 2.83. The molecule has 0 aromatic carbocycles. The molecular weight excluding hydrogens is 172 g/mol. The molecule has 76 valence electrons. The molecule has 0 spiro atoms. The van der Waals surface area contributed by atoms with Gasteiger partial charge in [0.05, 0.1) is 7.11 Å². The molecule has 0 heterocycles. The summed E-state index contributed by atoms with van der Waals surface area (Å²) in [6, 6.07) is -0.989. The molecule has 2 unspecified atom stereocenters. The maximum absolute atomic E-state index is 11.0. The number of hydrogen-bond donors (Lipinski definition) is 2. The molecule has 0 fully saturated rings. The van der Waals surface area contributed by atoms with Gasteiger partial charge in [-0.15, -0.1) is 0 Å². The van der Waals surface area contributed by atoms with Gasteiger partial charge in [0.25, 0.3) is 0 Å². The van der Waals surface area contributed by atoms with Crippen LogP contribution in [0.3, 0.4) is 0 Å². The van der Waals surface area contributed by atoms with E-state index in [0.29, 0.717) is 0 Å². The van der Waals surface area contributed by atoms with Gasteiger partial charge in [0, 0.05) is 6.04 Å². The number of carbonyl (C=O) groups excluding carboxylic acids is 2. The zero-order valence-corrected chi connectivity index (χ0v) is 8.16. The van der Waals surface area contributed by atoms with E-state index in [1.54, 1.807) is 0 Å². The summed E-state index contributed by atoms with van der Waals surface area (Å²) in [5.74, 6) is -1.36. The number of primary amides is 1. The Kier molecular flexibility index (Phi) is 5.06. The highest BCUT2D eigenvalue weighted by atomic mass is 16.5. The van der Waals surface area contributed by atoms with Crippen molar-refractivity contribution in [2.24, 2.45) is 5.73 Å². The maximum atomic E-state index is 11.0. The highest BCUT2D eigenvalue weighted by Crippen LogP contribution is 1.94. The third kappa shape index (κ3) is 3.89. The largest absolute Gasteiger partial charge is 0.467 e. The van der Waals surface area contributed by atoms with Crippen LogP contribution < -0.4 is 11.1 Å². The molecular formula is C8H16N2O3. The maximum Gasteiger partial charge on any atom is 0.332 e. The summed E-state index contributed by atoms with van der Waals surface area (Å²) >= 11 is 0. The fraction of sp³-hybridized carbons (Fsp3) is 0.750. The smallest absolute Gasteiger partial charge is 0.332 e. The summed E-state index contributed by atoms with van der Waals surface area (Å²) in [5, 5.41) is 2.77. The summed E-state index contributed by atoms with van der Waals surface area (Å²) < 4.78 is 4.42. The number of methoxy groups -OCH3 is 1. The Balaban J connectivity index is 4.26. The molecule has 0 aromatic heterocycles.